The summed E-state index contributed by atoms with van der Waals surface area (Å²) in [6, 6.07) is 5.70. The Labute approximate surface area is 146 Å². The molecule has 2 aromatic heterocycles. The largest absolute Gasteiger partial charge is 0.349 e. The number of hydrogen-bond donors (Lipinski definition) is 3. The molecule has 3 amide bonds. The van der Waals surface area contributed by atoms with Crippen molar-refractivity contribution in [2.75, 3.05) is 6.54 Å². The molecule has 0 aromatic carbocycles. The second kappa shape index (κ2) is 8.46. The molecule has 2 heterocycles. The topological polar surface area (TPSA) is 100 Å². The minimum Gasteiger partial charge on any atom is -0.349 e. The SMILES string of the molecule is O=C(CCNC(=O)NC1CCCCC1)NCc1nnc2ccccn12. The van der Waals surface area contributed by atoms with Crippen LogP contribution in [0.5, 0.6) is 0 Å². The average molecular weight is 344 g/mol. The number of urea groups is 1. The molecule has 3 rings (SSSR count). The maximum absolute atomic E-state index is 11.9. The van der Waals surface area contributed by atoms with Crippen molar-refractivity contribution in [3.05, 3.63) is 30.2 Å². The molecule has 1 aliphatic carbocycles. The van der Waals surface area contributed by atoms with Crippen LogP contribution in [0.1, 0.15) is 44.3 Å². The highest BCUT2D eigenvalue weighted by Gasteiger charge is 2.15. The second-order valence-electron chi connectivity index (χ2n) is 6.31. The van der Waals surface area contributed by atoms with Crippen molar-refractivity contribution in [1.29, 1.82) is 0 Å². The van der Waals surface area contributed by atoms with Crippen LogP contribution in [0.15, 0.2) is 24.4 Å². The third kappa shape index (κ3) is 4.91. The number of nitrogens with one attached hydrogen (secondary N) is 3. The Bertz CT molecular complexity index is 723. The highest BCUT2D eigenvalue weighted by Crippen LogP contribution is 2.17. The number of hydrogen-bond acceptors (Lipinski definition) is 4. The molecule has 0 saturated heterocycles. The van der Waals surface area contributed by atoms with Gasteiger partial charge in [-0.3, -0.25) is 9.20 Å². The molecule has 1 fully saturated rings. The minimum atomic E-state index is -0.192. The van der Waals surface area contributed by atoms with E-state index in [0.717, 1.165) is 18.5 Å². The molecule has 0 radical (unpaired) electrons. The van der Waals surface area contributed by atoms with Crippen molar-refractivity contribution < 1.29 is 9.59 Å². The molecule has 134 valence electrons. The Hall–Kier alpha value is -2.64. The maximum Gasteiger partial charge on any atom is 0.315 e. The Morgan fingerprint density at radius 3 is 2.80 bits per heavy atom. The summed E-state index contributed by atoms with van der Waals surface area (Å²) in [5.41, 5.74) is 0.743. The number of amides is 3. The predicted octanol–water partition coefficient (Wildman–Crippen LogP) is 1.37. The molecule has 8 heteroatoms. The zero-order valence-corrected chi connectivity index (χ0v) is 14.2. The van der Waals surface area contributed by atoms with Gasteiger partial charge in [0.1, 0.15) is 0 Å². The molecular formula is C17H24N6O2. The first-order valence-corrected chi connectivity index (χ1v) is 8.82. The third-order valence-corrected chi connectivity index (χ3v) is 4.41. The van der Waals surface area contributed by atoms with Gasteiger partial charge in [-0.1, -0.05) is 25.3 Å². The Morgan fingerprint density at radius 1 is 1.12 bits per heavy atom. The summed E-state index contributed by atoms with van der Waals surface area (Å²) in [7, 11) is 0. The van der Waals surface area contributed by atoms with Crippen LogP contribution in [-0.4, -0.2) is 39.1 Å². The monoisotopic (exact) mass is 344 g/mol. The van der Waals surface area contributed by atoms with Crippen LogP contribution in [0.3, 0.4) is 0 Å². The van der Waals surface area contributed by atoms with Gasteiger partial charge in [0.05, 0.1) is 6.54 Å². The van der Waals surface area contributed by atoms with Crippen LogP contribution in [0.2, 0.25) is 0 Å². The van der Waals surface area contributed by atoms with Gasteiger partial charge in [-0.25, -0.2) is 4.79 Å². The molecule has 0 unspecified atom stereocenters. The third-order valence-electron chi connectivity index (χ3n) is 4.41. The van der Waals surface area contributed by atoms with Crippen molar-refractivity contribution in [2.24, 2.45) is 0 Å². The molecule has 1 saturated carbocycles. The summed E-state index contributed by atoms with van der Waals surface area (Å²) in [4.78, 5) is 23.7. The molecule has 2 aromatic rings. The van der Waals surface area contributed by atoms with E-state index in [1.54, 1.807) is 0 Å². The van der Waals surface area contributed by atoms with Crippen LogP contribution < -0.4 is 16.0 Å². The van der Waals surface area contributed by atoms with Gasteiger partial charge >= 0.3 is 6.03 Å². The molecule has 3 N–H and O–H groups in total. The minimum absolute atomic E-state index is 0.134. The number of carbonyl (C=O) groups is 2. The van der Waals surface area contributed by atoms with E-state index in [-0.39, 0.29) is 24.4 Å². The fraction of sp³-hybridized carbons (Fsp3) is 0.529. The van der Waals surface area contributed by atoms with Crippen molar-refractivity contribution in [1.82, 2.24) is 30.5 Å². The molecule has 0 bridgehead atoms. The number of carbonyl (C=O) groups excluding carboxylic acids is 2. The van der Waals surface area contributed by atoms with E-state index < -0.39 is 0 Å². The van der Waals surface area contributed by atoms with Gasteiger partial charge in [-0.05, 0) is 25.0 Å². The predicted molar refractivity (Wildman–Crippen MR) is 92.9 cm³/mol. The lowest BCUT2D eigenvalue weighted by atomic mass is 9.96. The van der Waals surface area contributed by atoms with Crippen molar-refractivity contribution in [3.63, 3.8) is 0 Å². The lowest BCUT2D eigenvalue weighted by Crippen LogP contribution is -2.43. The lowest BCUT2D eigenvalue weighted by molar-refractivity contribution is -0.121. The van der Waals surface area contributed by atoms with E-state index >= 15 is 0 Å². The van der Waals surface area contributed by atoms with E-state index in [9.17, 15) is 9.59 Å². The summed E-state index contributed by atoms with van der Waals surface area (Å²) in [6.07, 6.45) is 7.76. The number of nitrogens with zero attached hydrogens (tertiary/aromatic N) is 3. The molecule has 1 aliphatic rings. The first-order valence-electron chi connectivity index (χ1n) is 8.82. The van der Waals surface area contributed by atoms with E-state index in [1.165, 1.54) is 19.3 Å². The zero-order chi connectivity index (χ0) is 17.5. The average Bonchev–Trinajstić information content (AvgIpc) is 3.04. The van der Waals surface area contributed by atoms with Gasteiger partial charge in [0.2, 0.25) is 5.91 Å². The van der Waals surface area contributed by atoms with Gasteiger partial charge in [0, 0.05) is 25.2 Å². The van der Waals surface area contributed by atoms with Crippen LogP contribution in [0, 0.1) is 0 Å². The fourth-order valence-electron chi connectivity index (χ4n) is 3.05. The number of fused-ring (bicyclic) bond motifs is 1. The van der Waals surface area contributed by atoms with Gasteiger partial charge < -0.3 is 16.0 Å². The van der Waals surface area contributed by atoms with Crippen LogP contribution in [-0.2, 0) is 11.3 Å². The summed E-state index contributed by atoms with van der Waals surface area (Å²) < 4.78 is 1.83. The summed E-state index contributed by atoms with van der Waals surface area (Å²) in [5.74, 6) is 0.539. The van der Waals surface area contributed by atoms with Crippen molar-refractivity contribution in [3.8, 4) is 0 Å². The Kier molecular flexibility index (Phi) is 5.81. The van der Waals surface area contributed by atoms with Crippen molar-refractivity contribution in [2.45, 2.75) is 51.1 Å². The molecule has 25 heavy (non-hydrogen) atoms. The quantitative estimate of drug-likeness (QED) is 0.737. The van der Waals surface area contributed by atoms with Crippen molar-refractivity contribution >= 4 is 17.6 Å². The van der Waals surface area contributed by atoms with E-state index in [1.807, 2.05) is 28.8 Å². The Morgan fingerprint density at radius 2 is 1.96 bits per heavy atom. The first-order chi connectivity index (χ1) is 12.2. The van der Waals surface area contributed by atoms with Gasteiger partial charge in [0.25, 0.3) is 0 Å². The second-order valence-corrected chi connectivity index (χ2v) is 6.31. The standard InChI is InChI=1S/C17H24N6O2/c24-16(9-10-18-17(25)20-13-6-2-1-3-7-13)19-12-15-22-21-14-8-4-5-11-23(14)15/h4-5,8,11,13H,1-3,6-7,9-10,12H2,(H,19,24)(H2,18,20,25). The number of rotatable bonds is 6. The van der Waals surface area contributed by atoms with Crippen LogP contribution in [0.4, 0.5) is 4.79 Å². The number of pyridine rings is 1. The highest BCUT2D eigenvalue weighted by atomic mass is 16.2. The van der Waals surface area contributed by atoms with E-state index in [0.29, 0.717) is 18.9 Å². The lowest BCUT2D eigenvalue weighted by Gasteiger charge is -2.22. The summed E-state index contributed by atoms with van der Waals surface area (Å²) >= 11 is 0. The molecule has 0 aliphatic heterocycles. The summed E-state index contributed by atoms with van der Waals surface area (Å²) in [6.45, 7) is 0.614. The zero-order valence-electron chi connectivity index (χ0n) is 14.2. The molecule has 0 atom stereocenters. The Balaban J connectivity index is 1.34. The van der Waals surface area contributed by atoms with Gasteiger partial charge in [-0.2, -0.15) is 0 Å². The molecule has 8 nitrogen and oxygen atoms in total. The fourth-order valence-corrected chi connectivity index (χ4v) is 3.05. The highest BCUT2D eigenvalue weighted by molar-refractivity contribution is 5.78. The smallest absolute Gasteiger partial charge is 0.315 e. The van der Waals surface area contributed by atoms with Gasteiger partial charge in [-0.15, -0.1) is 10.2 Å². The normalized spacial score (nSPS) is 15.0. The molecular weight excluding hydrogens is 320 g/mol. The maximum atomic E-state index is 11.9. The van der Waals surface area contributed by atoms with E-state index in [4.69, 9.17) is 0 Å². The van der Waals surface area contributed by atoms with Crippen LogP contribution in [0.25, 0.3) is 5.65 Å². The van der Waals surface area contributed by atoms with Gasteiger partial charge in [0.15, 0.2) is 11.5 Å². The summed E-state index contributed by atoms with van der Waals surface area (Å²) in [5, 5.41) is 16.6. The van der Waals surface area contributed by atoms with Crippen LogP contribution >= 0.6 is 0 Å². The first kappa shape index (κ1) is 17.2. The number of aromatic nitrogens is 3. The molecule has 0 spiro atoms. The van der Waals surface area contributed by atoms with E-state index in [2.05, 4.69) is 26.1 Å².